The molecule has 3 aromatic carbocycles. The molecule has 0 aromatic heterocycles. The van der Waals surface area contributed by atoms with Crippen molar-refractivity contribution < 1.29 is 14.3 Å². The number of hydrogen-bond acceptors (Lipinski definition) is 3. The van der Waals surface area contributed by atoms with Gasteiger partial charge in [-0.3, -0.25) is 4.79 Å². The van der Waals surface area contributed by atoms with Gasteiger partial charge in [0.1, 0.15) is 11.5 Å². The van der Waals surface area contributed by atoms with Crippen molar-refractivity contribution in [2.24, 2.45) is 0 Å². The first-order chi connectivity index (χ1) is 10.7. The molecule has 0 heterocycles. The van der Waals surface area contributed by atoms with Crippen LogP contribution < -0.4 is 9.47 Å². The summed E-state index contributed by atoms with van der Waals surface area (Å²) in [5.41, 5.74) is 0.940. The van der Waals surface area contributed by atoms with Crippen molar-refractivity contribution in [2.45, 2.75) is 6.42 Å². The van der Waals surface area contributed by atoms with E-state index in [9.17, 15) is 4.79 Å². The van der Waals surface area contributed by atoms with Crippen molar-refractivity contribution in [2.75, 3.05) is 7.11 Å². The quantitative estimate of drug-likeness (QED) is 0.538. The van der Waals surface area contributed by atoms with E-state index < -0.39 is 0 Å². The topological polar surface area (TPSA) is 35.5 Å². The highest BCUT2D eigenvalue weighted by molar-refractivity contribution is 5.86. The number of rotatable bonds is 4. The van der Waals surface area contributed by atoms with Gasteiger partial charge >= 0.3 is 5.97 Å². The molecule has 0 fully saturated rings. The molecule has 0 aliphatic heterocycles. The molecule has 3 aromatic rings. The predicted octanol–water partition coefficient (Wildman–Crippen LogP) is 4.00. The molecule has 0 N–H and O–H groups in total. The smallest absolute Gasteiger partial charge is 0.315 e. The SMILES string of the molecule is COc1ccc2ccc(OC(=O)Cc3ccccc3)cc2c1. The van der Waals surface area contributed by atoms with Gasteiger partial charge in [-0.25, -0.2) is 0 Å². The fourth-order valence-electron chi connectivity index (χ4n) is 2.32. The van der Waals surface area contributed by atoms with E-state index in [0.717, 1.165) is 22.1 Å². The van der Waals surface area contributed by atoms with Gasteiger partial charge in [-0.2, -0.15) is 0 Å². The summed E-state index contributed by atoms with van der Waals surface area (Å²) in [4.78, 5) is 12.0. The Morgan fingerprint density at radius 3 is 2.27 bits per heavy atom. The van der Waals surface area contributed by atoms with Gasteiger partial charge in [0, 0.05) is 0 Å². The number of benzene rings is 3. The Kier molecular flexibility index (Phi) is 4.05. The lowest BCUT2D eigenvalue weighted by molar-refractivity contribution is -0.133. The molecule has 3 nitrogen and oxygen atoms in total. The zero-order valence-corrected chi connectivity index (χ0v) is 12.3. The molecule has 0 saturated carbocycles. The maximum Gasteiger partial charge on any atom is 0.315 e. The van der Waals surface area contributed by atoms with Gasteiger partial charge in [-0.05, 0) is 40.6 Å². The Balaban J connectivity index is 1.77. The van der Waals surface area contributed by atoms with E-state index in [4.69, 9.17) is 9.47 Å². The first-order valence-corrected chi connectivity index (χ1v) is 7.07. The third-order valence-electron chi connectivity index (χ3n) is 3.44. The van der Waals surface area contributed by atoms with E-state index in [2.05, 4.69) is 0 Å². The van der Waals surface area contributed by atoms with Gasteiger partial charge < -0.3 is 9.47 Å². The van der Waals surface area contributed by atoms with E-state index in [1.54, 1.807) is 13.2 Å². The van der Waals surface area contributed by atoms with E-state index in [1.807, 2.05) is 60.7 Å². The second kappa shape index (κ2) is 6.31. The molecule has 22 heavy (non-hydrogen) atoms. The van der Waals surface area contributed by atoms with Crippen molar-refractivity contribution in [1.29, 1.82) is 0 Å². The Morgan fingerprint density at radius 2 is 1.55 bits per heavy atom. The van der Waals surface area contributed by atoms with Gasteiger partial charge in [0.15, 0.2) is 0 Å². The zero-order chi connectivity index (χ0) is 15.4. The molecule has 110 valence electrons. The normalized spacial score (nSPS) is 10.4. The zero-order valence-electron chi connectivity index (χ0n) is 12.3. The fourth-order valence-corrected chi connectivity index (χ4v) is 2.32. The molecule has 0 unspecified atom stereocenters. The highest BCUT2D eigenvalue weighted by Crippen LogP contribution is 2.25. The van der Waals surface area contributed by atoms with Crippen LogP contribution in [0.3, 0.4) is 0 Å². The van der Waals surface area contributed by atoms with E-state index >= 15 is 0 Å². The summed E-state index contributed by atoms with van der Waals surface area (Å²) in [6.07, 6.45) is 0.261. The van der Waals surface area contributed by atoms with E-state index in [1.165, 1.54) is 0 Å². The summed E-state index contributed by atoms with van der Waals surface area (Å²) < 4.78 is 10.6. The average Bonchev–Trinajstić information content (AvgIpc) is 2.55. The molecule has 0 bridgehead atoms. The molecular weight excluding hydrogens is 276 g/mol. The monoisotopic (exact) mass is 292 g/mol. The number of hydrogen-bond donors (Lipinski definition) is 0. The van der Waals surface area contributed by atoms with Gasteiger partial charge in [0.25, 0.3) is 0 Å². The Hall–Kier alpha value is -2.81. The molecule has 0 aliphatic rings. The molecule has 0 amide bonds. The van der Waals surface area contributed by atoms with Crippen molar-refractivity contribution >= 4 is 16.7 Å². The summed E-state index contributed by atoms with van der Waals surface area (Å²) >= 11 is 0. The van der Waals surface area contributed by atoms with Crippen LogP contribution in [-0.4, -0.2) is 13.1 Å². The van der Waals surface area contributed by atoms with Crippen LogP contribution in [0.2, 0.25) is 0 Å². The highest BCUT2D eigenvalue weighted by atomic mass is 16.5. The van der Waals surface area contributed by atoms with Gasteiger partial charge in [0.2, 0.25) is 0 Å². The minimum Gasteiger partial charge on any atom is -0.497 e. The van der Waals surface area contributed by atoms with Crippen LogP contribution in [0.25, 0.3) is 10.8 Å². The molecule has 0 atom stereocenters. The summed E-state index contributed by atoms with van der Waals surface area (Å²) in [6.45, 7) is 0. The fraction of sp³-hybridized carbons (Fsp3) is 0.105. The Labute approximate surface area is 129 Å². The van der Waals surface area contributed by atoms with E-state index in [0.29, 0.717) is 5.75 Å². The summed E-state index contributed by atoms with van der Waals surface area (Å²) in [6, 6.07) is 20.9. The standard InChI is InChI=1S/C19H16O3/c1-21-17-9-7-15-8-10-18(13-16(15)12-17)22-19(20)11-14-5-3-2-4-6-14/h2-10,12-13H,11H2,1H3. The summed E-state index contributed by atoms with van der Waals surface area (Å²) in [7, 11) is 1.63. The predicted molar refractivity (Wildman–Crippen MR) is 86.3 cm³/mol. The average molecular weight is 292 g/mol. The number of carbonyl (C=O) groups is 1. The first kappa shape index (κ1) is 14.1. The van der Waals surface area contributed by atoms with Crippen LogP contribution >= 0.6 is 0 Å². The van der Waals surface area contributed by atoms with E-state index in [-0.39, 0.29) is 12.4 Å². The van der Waals surface area contributed by atoms with Gasteiger partial charge in [0.05, 0.1) is 13.5 Å². The second-order valence-electron chi connectivity index (χ2n) is 5.01. The molecule has 3 rings (SSSR count). The Morgan fingerprint density at radius 1 is 0.864 bits per heavy atom. The number of carbonyl (C=O) groups excluding carboxylic acids is 1. The minimum atomic E-state index is -0.270. The largest absolute Gasteiger partial charge is 0.497 e. The van der Waals surface area contributed by atoms with Crippen LogP contribution in [0.1, 0.15) is 5.56 Å². The number of methoxy groups -OCH3 is 1. The van der Waals surface area contributed by atoms with Gasteiger partial charge in [-0.15, -0.1) is 0 Å². The lowest BCUT2D eigenvalue weighted by Gasteiger charge is -2.07. The maximum absolute atomic E-state index is 12.0. The van der Waals surface area contributed by atoms with Crippen LogP contribution in [-0.2, 0) is 11.2 Å². The maximum atomic E-state index is 12.0. The highest BCUT2D eigenvalue weighted by Gasteiger charge is 2.07. The summed E-state index contributed by atoms with van der Waals surface area (Å²) in [5.74, 6) is 1.05. The number of fused-ring (bicyclic) bond motifs is 1. The molecule has 0 saturated heterocycles. The lowest BCUT2D eigenvalue weighted by Crippen LogP contribution is -2.11. The summed E-state index contributed by atoms with van der Waals surface area (Å²) in [5, 5.41) is 2.05. The number of esters is 1. The third kappa shape index (κ3) is 3.26. The Bertz CT molecular complexity index is 794. The second-order valence-corrected chi connectivity index (χ2v) is 5.01. The lowest BCUT2D eigenvalue weighted by atomic mass is 10.1. The van der Waals surface area contributed by atoms with Crippen molar-refractivity contribution in [3.05, 3.63) is 72.3 Å². The first-order valence-electron chi connectivity index (χ1n) is 7.07. The van der Waals surface area contributed by atoms with Gasteiger partial charge in [-0.1, -0.05) is 42.5 Å². The molecular formula is C19H16O3. The molecule has 0 aliphatic carbocycles. The van der Waals surface area contributed by atoms with Crippen LogP contribution in [0, 0.1) is 0 Å². The third-order valence-corrected chi connectivity index (χ3v) is 3.44. The molecule has 0 spiro atoms. The van der Waals surface area contributed by atoms with Crippen molar-refractivity contribution in [3.8, 4) is 11.5 Å². The molecule has 3 heteroatoms. The van der Waals surface area contributed by atoms with Crippen LogP contribution in [0.15, 0.2) is 66.7 Å². The van der Waals surface area contributed by atoms with Crippen LogP contribution in [0.4, 0.5) is 0 Å². The molecule has 0 radical (unpaired) electrons. The number of ether oxygens (including phenoxy) is 2. The van der Waals surface area contributed by atoms with Crippen molar-refractivity contribution in [1.82, 2.24) is 0 Å². The van der Waals surface area contributed by atoms with Crippen LogP contribution in [0.5, 0.6) is 11.5 Å². The van der Waals surface area contributed by atoms with Crippen molar-refractivity contribution in [3.63, 3.8) is 0 Å². The minimum absolute atomic E-state index is 0.261.